The first-order valence-corrected chi connectivity index (χ1v) is 11.6. The largest absolute Gasteiger partial charge is 0.489 e. The van der Waals surface area contributed by atoms with E-state index in [9.17, 15) is 9.59 Å². The molecule has 0 bridgehead atoms. The topological polar surface area (TPSA) is 77.0 Å². The molecule has 0 fully saturated rings. The van der Waals surface area contributed by atoms with Crippen molar-refractivity contribution in [2.24, 2.45) is 5.10 Å². The summed E-state index contributed by atoms with van der Waals surface area (Å²) in [6.07, 6.45) is 1.41. The second kappa shape index (κ2) is 12.0. The van der Waals surface area contributed by atoms with E-state index in [2.05, 4.69) is 10.5 Å². The Balaban J connectivity index is 1.33. The zero-order chi connectivity index (χ0) is 25.3. The molecule has 36 heavy (non-hydrogen) atoms. The number of para-hydroxylation sites is 1. The van der Waals surface area contributed by atoms with Gasteiger partial charge in [-0.25, -0.2) is 10.2 Å². The van der Waals surface area contributed by atoms with Crippen molar-refractivity contribution >= 4 is 41.3 Å². The molecule has 0 aliphatic carbocycles. The first kappa shape index (κ1) is 25.0. The molecule has 0 atom stereocenters. The number of esters is 1. The number of hydrogen-bond donors (Lipinski definition) is 1. The van der Waals surface area contributed by atoms with Crippen LogP contribution in [0.15, 0.2) is 102 Å². The van der Waals surface area contributed by atoms with Crippen molar-refractivity contribution in [1.29, 1.82) is 0 Å². The molecule has 6 nitrogen and oxygen atoms in total. The van der Waals surface area contributed by atoms with Crippen molar-refractivity contribution in [3.05, 3.63) is 129 Å². The Morgan fingerprint density at radius 1 is 0.778 bits per heavy atom. The number of hydrazone groups is 1. The third kappa shape index (κ3) is 6.95. The lowest BCUT2D eigenvalue weighted by Gasteiger charge is -2.08. The highest BCUT2D eigenvalue weighted by molar-refractivity contribution is 6.30. The van der Waals surface area contributed by atoms with E-state index in [1.807, 2.05) is 12.1 Å². The Morgan fingerprint density at radius 2 is 1.39 bits per heavy atom. The van der Waals surface area contributed by atoms with Gasteiger partial charge in [-0.2, -0.15) is 5.10 Å². The standard InChI is InChI=1S/C28H20Cl2N2O4/c29-23-11-5-19(6-12-23)18-35-25-15-9-20(10-16-25)27(33)32-31-17-22-3-1-2-4-26(22)36-28(34)21-7-13-24(30)14-8-21/h1-17H,18H2,(H,32,33)/b31-17+. The van der Waals surface area contributed by atoms with Crippen LogP contribution in [0.2, 0.25) is 10.0 Å². The second-order valence-electron chi connectivity index (χ2n) is 7.57. The van der Waals surface area contributed by atoms with Gasteiger partial charge in [-0.05, 0) is 78.4 Å². The summed E-state index contributed by atoms with van der Waals surface area (Å²) in [5.41, 5.74) is 4.74. The lowest BCUT2D eigenvalue weighted by atomic mass is 10.2. The molecule has 0 unspecified atom stereocenters. The predicted octanol–water partition coefficient (Wildman–Crippen LogP) is 6.56. The van der Waals surface area contributed by atoms with Crippen molar-refractivity contribution in [1.82, 2.24) is 5.43 Å². The Hall–Kier alpha value is -4.13. The van der Waals surface area contributed by atoms with Crippen LogP contribution >= 0.6 is 23.2 Å². The molecule has 0 spiro atoms. The van der Waals surface area contributed by atoms with Gasteiger partial charge in [0, 0.05) is 21.2 Å². The molecule has 0 aromatic heterocycles. The number of benzene rings is 4. The smallest absolute Gasteiger partial charge is 0.343 e. The maximum absolute atomic E-state index is 12.5. The molecule has 8 heteroatoms. The minimum atomic E-state index is -0.532. The summed E-state index contributed by atoms with van der Waals surface area (Å²) in [5.74, 6) is 0.000125. The minimum Gasteiger partial charge on any atom is -0.489 e. The van der Waals surface area contributed by atoms with Gasteiger partial charge in [0.1, 0.15) is 18.1 Å². The molecule has 180 valence electrons. The number of rotatable bonds is 8. The van der Waals surface area contributed by atoms with Crippen LogP contribution in [0.1, 0.15) is 31.8 Å². The van der Waals surface area contributed by atoms with E-state index in [4.69, 9.17) is 32.7 Å². The van der Waals surface area contributed by atoms with Gasteiger partial charge < -0.3 is 9.47 Å². The molecule has 1 N–H and O–H groups in total. The maximum Gasteiger partial charge on any atom is 0.343 e. The number of amides is 1. The van der Waals surface area contributed by atoms with Crippen molar-refractivity contribution < 1.29 is 19.1 Å². The van der Waals surface area contributed by atoms with E-state index in [1.54, 1.807) is 84.9 Å². The molecule has 0 saturated carbocycles. The molecular weight excluding hydrogens is 499 g/mol. The monoisotopic (exact) mass is 518 g/mol. The summed E-state index contributed by atoms with van der Waals surface area (Å²) in [6.45, 7) is 0.384. The Bertz CT molecular complexity index is 1370. The Kier molecular flexibility index (Phi) is 8.34. The summed E-state index contributed by atoms with van der Waals surface area (Å²) in [7, 11) is 0. The van der Waals surface area contributed by atoms with E-state index in [1.165, 1.54) is 6.21 Å². The minimum absolute atomic E-state index is 0.303. The molecule has 0 heterocycles. The first-order valence-electron chi connectivity index (χ1n) is 10.9. The van der Waals surface area contributed by atoms with Crippen LogP contribution in [0.5, 0.6) is 11.5 Å². The predicted molar refractivity (Wildman–Crippen MR) is 140 cm³/mol. The third-order valence-corrected chi connectivity index (χ3v) is 5.51. The molecule has 4 aromatic carbocycles. The van der Waals surface area contributed by atoms with Gasteiger partial charge in [-0.3, -0.25) is 4.79 Å². The summed E-state index contributed by atoms with van der Waals surface area (Å²) in [6, 6.07) is 27.3. The lowest BCUT2D eigenvalue weighted by Crippen LogP contribution is -2.17. The van der Waals surface area contributed by atoms with Crippen LogP contribution in [0.25, 0.3) is 0 Å². The van der Waals surface area contributed by atoms with Crippen molar-refractivity contribution in [3.8, 4) is 11.5 Å². The molecular formula is C28H20Cl2N2O4. The molecule has 0 saturated heterocycles. The first-order chi connectivity index (χ1) is 17.5. The number of hydrogen-bond acceptors (Lipinski definition) is 5. The second-order valence-corrected chi connectivity index (χ2v) is 8.45. The summed E-state index contributed by atoms with van der Waals surface area (Å²) in [5, 5.41) is 5.19. The van der Waals surface area contributed by atoms with Crippen molar-refractivity contribution in [2.75, 3.05) is 0 Å². The lowest BCUT2D eigenvalue weighted by molar-refractivity contribution is 0.0734. The summed E-state index contributed by atoms with van der Waals surface area (Å²) >= 11 is 11.8. The average molecular weight is 519 g/mol. The van der Waals surface area contributed by atoms with Gasteiger partial charge in [-0.15, -0.1) is 0 Å². The third-order valence-electron chi connectivity index (χ3n) is 5.01. The fraction of sp³-hybridized carbons (Fsp3) is 0.0357. The number of carbonyl (C=O) groups is 2. The number of carbonyl (C=O) groups excluding carboxylic acids is 2. The van der Waals surface area contributed by atoms with Crippen LogP contribution in [0, 0.1) is 0 Å². The van der Waals surface area contributed by atoms with E-state index in [-0.39, 0.29) is 0 Å². The fourth-order valence-electron chi connectivity index (χ4n) is 3.10. The van der Waals surface area contributed by atoms with E-state index < -0.39 is 11.9 Å². The molecule has 0 radical (unpaired) electrons. The normalized spacial score (nSPS) is 10.7. The van der Waals surface area contributed by atoms with Crippen LogP contribution in [0.3, 0.4) is 0 Å². The molecule has 0 aliphatic rings. The van der Waals surface area contributed by atoms with Crippen molar-refractivity contribution in [3.63, 3.8) is 0 Å². The number of halogens is 2. The highest BCUT2D eigenvalue weighted by Crippen LogP contribution is 2.19. The molecule has 4 aromatic rings. The number of nitrogens with zero attached hydrogens (tertiary/aromatic N) is 1. The average Bonchev–Trinajstić information content (AvgIpc) is 2.90. The van der Waals surface area contributed by atoms with Crippen LogP contribution in [-0.2, 0) is 6.61 Å². The van der Waals surface area contributed by atoms with Gasteiger partial charge in [-0.1, -0.05) is 47.5 Å². The zero-order valence-corrected chi connectivity index (χ0v) is 20.4. The van der Waals surface area contributed by atoms with E-state index in [0.717, 1.165) is 5.56 Å². The number of ether oxygens (including phenoxy) is 2. The number of nitrogens with one attached hydrogen (secondary N) is 1. The molecule has 1 amide bonds. The fourth-order valence-corrected chi connectivity index (χ4v) is 3.35. The maximum atomic E-state index is 12.5. The quantitative estimate of drug-likeness (QED) is 0.124. The Morgan fingerprint density at radius 3 is 2.08 bits per heavy atom. The van der Waals surface area contributed by atoms with Crippen LogP contribution in [-0.4, -0.2) is 18.1 Å². The van der Waals surface area contributed by atoms with Gasteiger partial charge in [0.25, 0.3) is 5.91 Å². The summed E-state index contributed by atoms with van der Waals surface area (Å²) < 4.78 is 11.2. The molecule has 0 aliphatic heterocycles. The molecule has 4 rings (SSSR count). The summed E-state index contributed by atoms with van der Waals surface area (Å²) in [4.78, 5) is 24.9. The van der Waals surface area contributed by atoms with Crippen LogP contribution in [0.4, 0.5) is 0 Å². The van der Waals surface area contributed by atoms with Crippen molar-refractivity contribution in [2.45, 2.75) is 6.61 Å². The van der Waals surface area contributed by atoms with Gasteiger partial charge >= 0.3 is 5.97 Å². The van der Waals surface area contributed by atoms with Gasteiger partial charge in [0.2, 0.25) is 0 Å². The van der Waals surface area contributed by atoms with Crippen LogP contribution < -0.4 is 14.9 Å². The van der Waals surface area contributed by atoms with Gasteiger partial charge in [0.05, 0.1) is 11.8 Å². The van der Waals surface area contributed by atoms with E-state index >= 15 is 0 Å². The Labute approximate surface area is 218 Å². The van der Waals surface area contributed by atoms with E-state index in [0.29, 0.717) is 44.8 Å². The van der Waals surface area contributed by atoms with Gasteiger partial charge in [0.15, 0.2) is 0 Å². The SMILES string of the molecule is O=C(N/N=C/c1ccccc1OC(=O)c1ccc(Cl)cc1)c1ccc(OCc2ccc(Cl)cc2)cc1. The highest BCUT2D eigenvalue weighted by Gasteiger charge is 2.11. The zero-order valence-electron chi connectivity index (χ0n) is 18.9. The highest BCUT2D eigenvalue weighted by atomic mass is 35.5.